The topological polar surface area (TPSA) is 65.8 Å². The highest BCUT2D eigenvalue weighted by Crippen LogP contribution is 2.28. The lowest BCUT2D eigenvalue weighted by atomic mass is 10.1. The number of pyridine rings is 1. The van der Waals surface area contributed by atoms with Crippen LogP contribution >= 0.6 is 0 Å². The smallest absolute Gasteiger partial charge is 0.321 e. The van der Waals surface area contributed by atoms with E-state index in [-0.39, 0.29) is 22.5 Å². The second-order valence-corrected chi connectivity index (χ2v) is 4.44. The molecule has 0 unspecified atom stereocenters. The zero-order valence-corrected chi connectivity index (χ0v) is 11.4. The number of nitrogens with zero attached hydrogens (tertiary/aromatic N) is 2. The van der Waals surface area contributed by atoms with Crippen molar-refractivity contribution in [1.82, 2.24) is 4.98 Å². The molecule has 0 aliphatic carbocycles. The van der Waals surface area contributed by atoms with Crippen LogP contribution in [-0.4, -0.2) is 10.9 Å². The fourth-order valence-corrected chi connectivity index (χ4v) is 1.84. The van der Waals surface area contributed by atoms with E-state index in [0.29, 0.717) is 0 Å². The van der Waals surface area contributed by atoms with Crippen LogP contribution in [0.15, 0.2) is 36.4 Å². The van der Waals surface area contributed by atoms with Gasteiger partial charge in [0.2, 0.25) is 0 Å². The quantitative estimate of drug-likeness (QED) is 0.923. The second-order valence-electron chi connectivity index (χ2n) is 4.44. The molecule has 1 amide bonds. The molecular weight excluding hydrogens is 295 g/mol. The van der Waals surface area contributed by atoms with E-state index in [4.69, 9.17) is 5.26 Å². The van der Waals surface area contributed by atoms with Crippen LogP contribution in [0.2, 0.25) is 0 Å². The average Bonchev–Trinajstić information content (AvgIpc) is 2.46. The average molecular weight is 305 g/mol. The Balaban J connectivity index is 2.29. The molecule has 0 atom stereocenters. The number of carbonyl (C=O) groups is 1. The lowest BCUT2D eigenvalue weighted by molar-refractivity contribution is -0.141. The van der Waals surface area contributed by atoms with Crippen molar-refractivity contribution in [3.63, 3.8) is 0 Å². The molecule has 0 aliphatic rings. The van der Waals surface area contributed by atoms with Crippen LogP contribution in [0, 0.1) is 18.3 Å². The Labute approximate surface area is 124 Å². The number of nitriles is 1. The zero-order chi connectivity index (χ0) is 16.3. The normalized spacial score (nSPS) is 10.9. The number of alkyl halides is 3. The molecule has 0 aliphatic heterocycles. The summed E-state index contributed by atoms with van der Waals surface area (Å²) in [4.78, 5) is 15.5. The molecule has 0 saturated heterocycles. The highest BCUT2D eigenvalue weighted by Gasteiger charge is 2.33. The van der Waals surface area contributed by atoms with Crippen molar-refractivity contribution in [3.8, 4) is 6.07 Å². The van der Waals surface area contributed by atoms with Gasteiger partial charge in [-0.25, -0.2) is 4.98 Å². The minimum atomic E-state index is -4.56. The Morgan fingerprint density at radius 1 is 1.23 bits per heavy atom. The van der Waals surface area contributed by atoms with E-state index < -0.39 is 17.8 Å². The third kappa shape index (κ3) is 3.23. The number of aryl methyl sites for hydroxylation is 1. The summed E-state index contributed by atoms with van der Waals surface area (Å²) in [6, 6.07) is 10.1. The first-order valence-corrected chi connectivity index (χ1v) is 6.18. The largest absolute Gasteiger partial charge is 0.433 e. The predicted molar refractivity (Wildman–Crippen MR) is 73.1 cm³/mol. The molecule has 22 heavy (non-hydrogen) atoms. The number of aromatic nitrogens is 1. The van der Waals surface area contributed by atoms with Gasteiger partial charge in [-0.1, -0.05) is 12.1 Å². The number of carbonyl (C=O) groups excluding carboxylic acids is 1. The molecule has 0 fully saturated rings. The van der Waals surface area contributed by atoms with Crippen LogP contribution in [0.4, 0.5) is 18.9 Å². The van der Waals surface area contributed by atoms with Gasteiger partial charge in [0.1, 0.15) is 11.8 Å². The van der Waals surface area contributed by atoms with Gasteiger partial charge < -0.3 is 5.32 Å². The summed E-state index contributed by atoms with van der Waals surface area (Å²) in [6.45, 7) is 1.32. The first-order valence-electron chi connectivity index (χ1n) is 6.18. The van der Waals surface area contributed by atoms with Crippen molar-refractivity contribution < 1.29 is 18.0 Å². The van der Waals surface area contributed by atoms with Crippen LogP contribution in [0.1, 0.15) is 27.3 Å². The van der Waals surface area contributed by atoms with Gasteiger partial charge in [0, 0.05) is 0 Å². The van der Waals surface area contributed by atoms with Crippen LogP contribution in [0.25, 0.3) is 0 Å². The molecule has 0 bridgehead atoms. The molecule has 1 aromatic heterocycles. The first-order chi connectivity index (χ1) is 10.3. The summed E-state index contributed by atoms with van der Waals surface area (Å²) in [7, 11) is 0. The number of para-hydroxylation sites is 1. The monoisotopic (exact) mass is 305 g/mol. The predicted octanol–water partition coefficient (Wildman–Crippen LogP) is 3.53. The molecule has 0 spiro atoms. The first kappa shape index (κ1) is 15.5. The molecule has 1 N–H and O–H groups in total. The van der Waals surface area contributed by atoms with Gasteiger partial charge >= 0.3 is 6.18 Å². The lowest BCUT2D eigenvalue weighted by Crippen LogP contribution is -2.17. The van der Waals surface area contributed by atoms with E-state index in [0.717, 1.165) is 12.1 Å². The molecule has 1 heterocycles. The van der Waals surface area contributed by atoms with Crippen LogP contribution in [-0.2, 0) is 6.18 Å². The number of benzene rings is 1. The minimum Gasteiger partial charge on any atom is -0.321 e. The summed E-state index contributed by atoms with van der Waals surface area (Å²) in [5.74, 6) is -0.624. The highest BCUT2D eigenvalue weighted by atomic mass is 19.4. The number of halogens is 3. The van der Waals surface area contributed by atoms with Gasteiger partial charge in [-0.3, -0.25) is 4.79 Å². The maximum absolute atomic E-state index is 12.5. The molecule has 112 valence electrons. The summed E-state index contributed by atoms with van der Waals surface area (Å²) < 4.78 is 37.6. The number of hydrogen-bond acceptors (Lipinski definition) is 3. The Hall–Kier alpha value is -2.88. The number of anilines is 1. The van der Waals surface area contributed by atoms with Gasteiger partial charge in [0.15, 0.2) is 0 Å². The standard InChI is InChI=1S/C15H10F3N3O/c1-9-11(6-7-13(20-9)15(16,17)18)14(22)21-12-5-3-2-4-10(12)8-19/h2-7H,1H3,(H,21,22). The van der Waals surface area contributed by atoms with Gasteiger partial charge in [-0.15, -0.1) is 0 Å². The van der Waals surface area contributed by atoms with E-state index in [2.05, 4.69) is 10.3 Å². The van der Waals surface area contributed by atoms with Gasteiger partial charge in [-0.2, -0.15) is 18.4 Å². The molecule has 2 rings (SSSR count). The highest BCUT2D eigenvalue weighted by molar-refractivity contribution is 6.05. The maximum atomic E-state index is 12.5. The van der Waals surface area contributed by atoms with Crippen molar-refractivity contribution in [3.05, 3.63) is 58.9 Å². The molecule has 0 saturated carbocycles. The molecule has 0 radical (unpaired) electrons. The Kier molecular flexibility index (Phi) is 4.13. The summed E-state index contributed by atoms with van der Waals surface area (Å²) >= 11 is 0. The molecule has 2 aromatic rings. The van der Waals surface area contributed by atoms with Crippen molar-refractivity contribution in [2.45, 2.75) is 13.1 Å². The molecular formula is C15H10F3N3O. The summed E-state index contributed by atoms with van der Waals surface area (Å²) in [5.41, 5.74) is -0.538. The summed E-state index contributed by atoms with van der Waals surface area (Å²) in [5, 5.41) is 11.4. The lowest BCUT2D eigenvalue weighted by Gasteiger charge is -2.11. The third-order valence-electron chi connectivity index (χ3n) is 2.92. The number of nitrogens with one attached hydrogen (secondary N) is 1. The van der Waals surface area contributed by atoms with E-state index in [9.17, 15) is 18.0 Å². The minimum absolute atomic E-state index is 0.0146. The van der Waals surface area contributed by atoms with Crippen molar-refractivity contribution >= 4 is 11.6 Å². The molecule has 7 heteroatoms. The van der Waals surface area contributed by atoms with E-state index >= 15 is 0 Å². The fourth-order valence-electron chi connectivity index (χ4n) is 1.84. The molecule has 1 aromatic carbocycles. The number of hydrogen-bond donors (Lipinski definition) is 1. The van der Waals surface area contributed by atoms with Crippen LogP contribution < -0.4 is 5.32 Å². The van der Waals surface area contributed by atoms with Crippen molar-refractivity contribution in [2.75, 3.05) is 5.32 Å². The van der Waals surface area contributed by atoms with Crippen LogP contribution in [0.3, 0.4) is 0 Å². The fraction of sp³-hybridized carbons (Fsp3) is 0.133. The molecule has 4 nitrogen and oxygen atoms in total. The van der Waals surface area contributed by atoms with Gasteiger partial charge in [0.25, 0.3) is 5.91 Å². The van der Waals surface area contributed by atoms with E-state index in [1.165, 1.54) is 19.1 Å². The Morgan fingerprint density at radius 2 is 1.91 bits per heavy atom. The van der Waals surface area contributed by atoms with E-state index in [1.54, 1.807) is 12.1 Å². The Bertz CT molecular complexity index is 763. The number of rotatable bonds is 2. The summed E-state index contributed by atoms with van der Waals surface area (Å²) in [6.07, 6.45) is -4.56. The number of amides is 1. The van der Waals surface area contributed by atoms with Crippen molar-refractivity contribution in [1.29, 1.82) is 5.26 Å². The third-order valence-corrected chi connectivity index (χ3v) is 2.92. The zero-order valence-electron chi connectivity index (χ0n) is 11.4. The van der Waals surface area contributed by atoms with Crippen molar-refractivity contribution in [2.24, 2.45) is 0 Å². The van der Waals surface area contributed by atoms with Gasteiger partial charge in [-0.05, 0) is 31.2 Å². The van der Waals surface area contributed by atoms with Gasteiger partial charge in [0.05, 0.1) is 22.5 Å². The Morgan fingerprint density at radius 3 is 2.50 bits per heavy atom. The second kappa shape index (κ2) is 5.85. The van der Waals surface area contributed by atoms with Crippen LogP contribution in [0.5, 0.6) is 0 Å². The van der Waals surface area contributed by atoms with E-state index in [1.807, 2.05) is 6.07 Å². The SMILES string of the molecule is Cc1nc(C(F)(F)F)ccc1C(=O)Nc1ccccc1C#N. The maximum Gasteiger partial charge on any atom is 0.433 e.